The summed E-state index contributed by atoms with van der Waals surface area (Å²) in [6, 6.07) is 10.3. The van der Waals surface area contributed by atoms with Gasteiger partial charge in [-0.2, -0.15) is 11.8 Å². The molecule has 4 heteroatoms. The number of nitrogens with zero attached hydrogens (tertiary/aromatic N) is 2. The van der Waals surface area contributed by atoms with Gasteiger partial charge in [0.15, 0.2) is 0 Å². The fourth-order valence-electron chi connectivity index (χ4n) is 2.27. The molecule has 0 aliphatic carbocycles. The first kappa shape index (κ1) is 15.0. The van der Waals surface area contributed by atoms with E-state index < -0.39 is 0 Å². The predicted octanol–water partition coefficient (Wildman–Crippen LogP) is 3.84. The maximum atomic E-state index is 6.30. The van der Waals surface area contributed by atoms with Crippen molar-refractivity contribution in [2.45, 2.75) is 33.2 Å². The second kappa shape index (κ2) is 7.39. The van der Waals surface area contributed by atoms with Crippen LogP contribution in [0.25, 0.3) is 11.4 Å². The summed E-state index contributed by atoms with van der Waals surface area (Å²) in [4.78, 5) is 4.80. The zero-order valence-corrected chi connectivity index (χ0v) is 13.1. The monoisotopic (exact) mass is 289 g/mol. The summed E-state index contributed by atoms with van der Waals surface area (Å²) in [5.41, 5.74) is 8.48. The van der Waals surface area contributed by atoms with Gasteiger partial charge in [0.05, 0.1) is 5.69 Å². The minimum Gasteiger partial charge on any atom is -0.384 e. The lowest BCUT2D eigenvalue weighted by atomic mass is 10.2. The zero-order chi connectivity index (χ0) is 14.4. The highest BCUT2D eigenvalue weighted by atomic mass is 32.2. The molecule has 0 spiro atoms. The van der Waals surface area contributed by atoms with E-state index in [9.17, 15) is 0 Å². The molecule has 2 rings (SSSR count). The van der Waals surface area contributed by atoms with Crippen LogP contribution in [-0.2, 0) is 13.0 Å². The molecule has 108 valence electrons. The highest BCUT2D eigenvalue weighted by Gasteiger charge is 2.15. The number of thioether (sulfide) groups is 1. The van der Waals surface area contributed by atoms with Crippen molar-refractivity contribution >= 4 is 17.6 Å². The van der Waals surface area contributed by atoms with Gasteiger partial charge in [0.1, 0.15) is 11.6 Å². The van der Waals surface area contributed by atoms with E-state index >= 15 is 0 Å². The van der Waals surface area contributed by atoms with Crippen molar-refractivity contribution in [1.29, 1.82) is 0 Å². The van der Waals surface area contributed by atoms with Crippen molar-refractivity contribution in [2.75, 3.05) is 17.2 Å². The third kappa shape index (κ3) is 3.37. The Morgan fingerprint density at radius 3 is 2.60 bits per heavy atom. The van der Waals surface area contributed by atoms with E-state index in [-0.39, 0.29) is 0 Å². The van der Waals surface area contributed by atoms with E-state index in [2.05, 4.69) is 30.5 Å². The van der Waals surface area contributed by atoms with E-state index in [0.717, 1.165) is 53.8 Å². The number of hydrogen-bond donors (Lipinski definition) is 1. The van der Waals surface area contributed by atoms with Gasteiger partial charge in [0.2, 0.25) is 0 Å². The molecule has 1 heterocycles. The van der Waals surface area contributed by atoms with E-state index in [1.807, 2.05) is 30.0 Å². The summed E-state index contributed by atoms with van der Waals surface area (Å²) in [7, 11) is 0. The lowest BCUT2D eigenvalue weighted by Crippen LogP contribution is -2.05. The van der Waals surface area contributed by atoms with Crippen LogP contribution in [0.2, 0.25) is 0 Å². The highest BCUT2D eigenvalue weighted by Crippen LogP contribution is 2.25. The first-order chi connectivity index (χ1) is 9.77. The summed E-state index contributed by atoms with van der Waals surface area (Å²) in [6.45, 7) is 5.27. The molecule has 0 saturated heterocycles. The summed E-state index contributed by atoms with van der Waals surface area (Å²) >= 11 is 1.93. The number of benzene rings is 1. The summed E-state index contributed by atoms with van der Waals surface area (Å²) in [5, 5.41) is 0. The van der Waals surface area contributed by atoms with Crippen LogP contribution in [0.3, 0.4) is 0 Å². The van der Waals surface area contributed by atoms with E-state index in [1.54, 1.807) is 0 Å². The molecule has 2 aromatic rings. The highest BCUT2D eigenvalue weighted by molar-refractivity contribution is 7.99. The molecule has 0 fully saturated rings. The number of aryl methyl sites for hydroxylation is 1. The standard InChI is InChI=1S/C16H23N3S/c1-3-11-19-15(17)14(10-12-20-4-2)18-16(19)13-8-6-5-7-9-13/h5-9H,3-4,10-12,17H2,1-2H3. The minimum absolute atomic E-state index is 0.836. The molecule has 3 nitrogen and oxygen atoms in total. The van der Waals surface area contributed by atoms with Gasteiger partial charge in [-0.1, -0.05) is 44.2 Å². The molecular weight excluding hydrogens is 266 g/mol. The SMILES string of the molecule is CCCn1c(-c2ccccc2)nc(CCSCC)c1N. The number of hydrogen-bond acceptors (Lipinski definition) is 3. The molecule has 0 radical (unpaired) electrons. The van der Waals surface area contributed by atoms with Gasteiger partial charge in [-0.3, -0.25) is 0 Å². The van der Waals surface area contributed by atoms with Crippen LogP contribution in [0.1, 0.15) is 26.0 Å². The summed E-state index contributed by atoms with van der Waals surface area (Å²) in [5.74, 6) is 4.06. The molecule has 0 atom stereocenters. The molecule has 0 aliphatic rings. The van der Waals surface area contributed by atoms with Crippen LogP contribution >= 0.6 is 11.8 Å². The fraction of sp³-hybridized carbons (Fsp3) is 0.438. The molecule has 20 heavy (non-hydrogen) atoms. The van der Waals surface area contributed by atoms with Gasteiger partial charge in [0.25, 0.3) is 0 Å². The first-order valence-electron chi connectivity index (χ1n) is 7.26. The molecule has 0 saturated carbocycles. The molecule has 1 aromatic carbocycles. The van der Waals surface area contributed by atoms with Crippen LogP contribution in [-0.4, -0.2) is 21.1 Å². The van der Waals surface area contributed by atoms with Gasteiger partial charge in [-0.15, -0.1) is 0 Å². The fourth-order valence-corrected chi connectivity index (χ4v) is 2.90. The quantitative estimate of drug-likeness (QED) is 0.788. The van der Waals surface area contributed by atoms with Crippen molar-refractivity contribution in [3.8, 4) is 11.4 Å². The molecule has 0 bridgehead atoms. The molecule has 0 aliphatic heterocycles. The smallest absolute Gasteiger partial charge is 0.141 e. The van der Waals surface area contributed by atoms with Crippen LogP contribution in [0, 0.1) is 0 Å². The van der Waals surface area contributed by atoms with Gasteiger partial charge < -0.3 is 10.3 Å². The maximum Gasteiger partial charge on any atom is 0.141 e. The van der Waals surface area contributed by atoms with Crippen LogP contribution in [0.5, 0.6) is 0 Å². The Balaban J connectivity index is 2.32. The van der Waals surface area contributed by atoms with E-state index in [1.165, 1.54) is 0 Å². The maximum absolute atomic E-state index is 6.30. The lowest BCUT2D eigenvalue weighted by Gasteiger charge is -2.08. The van der Waals surface area contributed by atoms with Crippen molar-refractivity contribution in [3.63, 3.8) is 0 Å². The molecule has 1 aromatic heterocycles. The second-order valence-electron chi connectivity index (χ2n) is 4.73. The Morgan fingerprint density at radius 2 is 1.95 bits per heavy atom. The average Bonchev–Trinajstić information content (AvgIpc) is 2.78. The summed E-state index contributed by atoms with van der Waals surface area (Å²) in [6.07, 6.45) is 2.00. The van der Waals surface area contributed by atoms with Crippen LogP contribution in [0.15, 0.2) is 30.3 Å². The van der Waals surface area contributed by atoms with Crippen molar-refractivity contribution in [2.24, 2.45) is 0 Å². The number of imidazole rings is 1. The Bertz CT molecular complexity index is 534. The molecule has 0 unspecified atom stereocenters. The van der Waals surface area contributed by atoms with E-state index in [0.29, 0.717) is 0 Å². The topological polar surface area (TPSA) is 43.8 Å². The van der Waals surface area contributed by atoms with E-state index in [4.69, 9.17) is 10.7 Å². The second-order valence-corrected chi connectivity index (χ2v) is 6.13. The minimum atomic E-state index is 0.836. The van der Waals surface area contributed by atoms with Crippen molar-refractivity contribution in [3.05, 3.63) is 36.0 Å². The third-order valence-corrected chi connectivity index (χ3v) is 4.15. The van der Waals surface area contributed by atoms with Gasteiger partial charge >= 0.3 is 0 Å². The number of anilines is 1. The van der Waals surface area contributed by atoms with Gasteiger partial charge in [-0.05, 0) is 17.9 Å². The van der Waals surface area contributed by atoms with Gasteiger partial charge in [0, 0.05) is 18.5 Å². The van der Waals surface area contributed by atoms with Crippen molar-refractivity contribution < 1.29 is 0 Å². The molecule has 0 amide bonds. The summed E-state index contributed by atoms with van der Waals surface area (Å²) < 4.78 is 2.15. The Labute approximate surface area is 125 Å². The molecular formula is C16H23N3S. The van der Waals surface area contributed by atoms with Crippen LogP contribution < -0.4 is 5.73 Å². The normalized spacial score (nSPS) is 10.9. The Kier molecular flexibility index (Phi) is 5.53. The van der Waals surface area contributed by atoms with Crippen LogP contribution in [0.4, 0.5) is 5.82 Å². The number of aromatic nitrogens is 2. The number of rotatable bonds is 7. The lowest BCUT2D eigenvalue weighted by molar-refractivity contribution is 0.692. The number of nitrogen functional groups attached to an aromatic ring is 1. The third-order valence-electron chi connectivity index (χ3n) is 3.25. The molecule has 2 N–H and O–H groups in total. The van der Waals surface area contributed by atoms with Crippen molar-refractivity contribution in [1.82, 2.24) is 9.55 Å². The first-order valence-corrected chi connectivity index (χ1v) is 8.41. The zero-order valence-electron chi connectivity index (χ0n) is 12.3. The Hall–Kier alpha value is -1.42. The van der Waals surface area contributed by atoms with Gasteiger partial charge in [-0.25, -0.2) is 4.98 Å². The average molecular weight is 289 g/mol. The largest absolute Gasteiger partial charge is 0.384 e. The Morgan fingerprint density at radius 1 is 1.20 bits per heavy atom. The predicted molar refractivity (Wildman–Crippen MR) is 89.1 cm³/mol. The number of nitrogens with two attached hydrogens (primary N) is 1.